The molecule has 1 aliphatic carbocycles. The van der Waals surface area contributed by atoms with E-state index in [9.17, 15) is 9.59 Å². The summed E-state index contributed by atoms with van der Waals surface area (Å²) in [5, 5.41) is 1.08. The van der Waals surface area contributed by atoms with Crippen LogP contribution in [0.25, 0.3) is 33.5 Å². The minimum absolute atomic E-state index is 0.0506. The van der Waals surface area contributed by atoms with Crippen LogP contribution in [0.4, 0.5) is 5.69 Å². The largest absolute Gasteiger partial charge is 0.495 e. The summed E-state index contributed by atoms with van der Waals surface area (Å²) in [6.07, 6.45) is 6.67. The maximum atomic E-state index is 14.3. The van der Waals surface area contributed by atoms with Gasteiger partial charge in [0.05, 0.1) is 42.1 Å². The molecule has 0 unspecified atom stereocenters. The first-order valence-electron chi connectivity index (χ1n) is 13.6. The smallest absolute Gasteiger partial charge is 0.260 e. The highest BCUT2D eigenvalue weighted by Crippen LogP contribution is 2.46. The molecular weight excluding hydrogens is 579 g/mol. The van der Waals surface area contributed by atoms with Crippen LogP contribution in [0.5, 0.6) is 17.2 Å². The molecule has 2 aromatic heterocycles. The lowest BCUT2D eigenvalue weighted by atomic mass is 10.0. The summed E-state index contributed by atoms with van der Waals surface area (Å²) < 4.78 is 18.4. The first-order chi connectivity index (χ1) is 20.4. The van der Waals surface area contributed by atoms with E-state index in [4.69, 9.17) is 42.4 Å². The zero-order chi connectivity index (χ0) is 29.5. The first kappa shape index (κ1) is 28.1. The van der Waals surface area contributed by atoms with Crippen LogP contribution >= 0.6 is 23.2 Å². The Balaban J connectivity index is 1.56. The molecule has 1 saturated carbocycles. The number of anilines is 1. The van der Waals surface area contributed by atoms with Crippen molar-refractivity contribution in [2.45, 2.75) is 31.7 Å². The van der Waals surface area contributed by atoms with Gasteiger partial charge in [-0.05, 0) is 43.2 Å². The van der Waals surface area contributed by atoms with Crippen LogP contribution in [-0.2, 0) is 4.79 Å². The number of hydrogen-bond acceptors (Lipinski definition) is 7. The summed E-state index contributed by atoms with van der Waals surface area (Å²) >= 11 is 13.5. The van der Waals surface area contributed by atoms with E-state index >= 15 is 0 Å². The number of aromatic nitrogens is 3. The molecule has 2 aliphatic rings. The van der Waals surface area contributed by atoms with Crippen molar-refractivity contribution < 1.29 is 19.0 Å². The Morgan fingerprint density at radius 3 is 2.48 bits per heavy atom. The van der Waals surface area contributed by atoms with Gasteiger partial charge in [0.1, 0.15) is 29.5 Å². The third kappa shape index (κ3) is 4.66. The van der Waals surface area contributed by atoms with Gasteiger partial charge in [-0.1, -0.05) is 42.6 Å². The van der Waals surface area contributed by atoms with Gasteiger partial charge in [-0.2, -0.15) is 0 Å². The van der Waals surface area contributed by atoms with Crippen molar-refractivity contribution in [1.82, 2.24) is 14.5 Å². The number of pyridine rings is 1. The summed E-state index contributed by atoms with van der Waals surface area (Å²) in [6.45, 7) is 4.42. The van der Waals surface area contributed by atoms with E-state index in [1.54, 1.807) is 33.9 Å². The van der Waals surface area contributed by atoms with Crippen LogP contribution in [0.1, 0.15) is 31.7 Å². The molecule has 9 nitrogen and oxygen atoms in total. The number of carbonyl (C=O) groups excluding carboxylic acids is 1. The predicted molar refractivity (Wildman–Crippen MR) is 163 cm³/mol. The Hall–Kier alpha value is -4.08. The van der Waals surface area contributed by atoms with Gasteiger partial charge in [0.2, 0.25) is 0 Å². The minimum Gasteiger partial charge on any atom is -0.495 e. The molecule has 1 fully saturated rings. The number of hydrogen-bond donors (Lipinski definition) is 0. The molecule has 11 heteroatoms. The van der Waals surface area contributed by atoms with E-state index in [1.807, 2.05) is 12.1 Å². The maximum Gasteiger partial charge on any atom is 0.260 e. The molecule has 3 heterocycles. The highest BCUT2D eigenvalue weighted by atomic mass is 35.5. The summed E-state index contributed by atoms with van der Waals surface area (Å²) in [7, 11) is 2.98. The predicted octanol–water partition coefficient (Wildman–Crippen LogP) is 6.48. The molecule has 1 amide bonds. The van der Waals surface area contributed by atoms with Gasteiger partial charge in [-0.25, -0.2) is 9.97 Å². The van der Waals surface area contributed by atoms with Crippen molar-refractivity contribution in [2.75, 3.05) is 32.3 Å². The Morgan fingerprint density at radius 2 is 1.81 bits per heavy atom. The molecule has 216 valence electrons. The van der Waals surface area contributed by atoms with Gasteiger partial charge in [-0.3, -0.25) is 14.2 Å². The van der Waals surface area contributed by atoms with E-state index in [2.05, 4.69) is 11.6 Å². The Morgan fingerprint density at radius 1 is 1.10 bits per heavy atom. The average molecular weight is 607 g/mol. The number of benzene rings is 2. The number of ether oxygens (including phenoxy) is 3. The number of carbonyl (C=O) groups is 1. The van der Waals surface area contributed by atoms with Crippen LogP contribution in [0.3, 0.4) is 0 Å². The van der Waals surface area contributed by atoms with Crippen molar-refractivity contribution in [3.05, 3.63) is 69.6 Å². The van der Waals surface area contributed by atoms with Crippen molar-refractivity contribution in [3.8, 4) is 39.8 Å². The fraction of sp³-hybridized carbons (Fsp3) is 0.290. The topological polar surface area (TPSA) is 95.8 Å². The summed E-state index contributed by atoms with van der Waals surface area (Å²) in [6, 6.07) is 8.72. The number of nitrogens with zero attached hydrogens (tertiary/aromatic N) is 4. The molecule has 0 saturated heterocycles. The number of fused-ring (bicyclic) bond motifs is 2. The standard InChI is InChI=1S/C31H28Cl2N4O5/c1-4-25(38)36-11-12-42-22-10-9-17(14-21(22)36)29-34-16-18-13-20(26-27(32)23(40-2)15-24(41-3)28(26)33)31(39)37(30(18)35-29)19-7-5-6-8-19/h4,9-10,13-16,19H,1,5-8,11-12H2,2-3H3. The zero-order valence-electron chi connectivity index (χ0n) is 23.2. The highest BCUT2D eigenvalue weighted by molar-refractivity contribution is 6.41. The number of halogens is 2. The maximum absolute atomic E-state index is 14.3. The summed E-state index contributed by atoms with van der Waals surface area (Å²) in [5.41, 5.74) is 2.19. The van der Waals surface area contributed by atoms with Crippen LogP contribution in [0.15, 0.2) is 54.0 Å². The SMILES string of the molecule is C=CC(=O)N1CCOc2ccc(-c3ncc4cc(-c5c(Cl)c(OC)cc(OC)c5Cl)c(=O)n(C5CCCC5)c4n3)cc21. The molecule has 4 aromatic rings. The lowest BCUT2D eigenvalue weighted by Crippen LogP contribution is -2.36. The normalized spacial score (nSPS) is 14.9. The fourth-order valence-corrected chi connectivity index (χ4v) is 6.46. The van der Waals surface area contributed by atoms with Crippen molar-refractivity contribution in [3.63, 3.8) is 0 Å². The van der Waals surface area contributed by atoms with E-state index in [0.717, 1.165) is 25.7 Å². The molecule has 0 N–H and O–H groups in total. The summed E-state index contributed by atoms with van der Waals surface area (Å²) in [5.74, 6) is 1.47. The van der Waals surface area contributed by atoms with Gasteiger partial charge in [0, 0.05) is 34.8 Å². The second-order valence-corrected chi connectivity index (χ2v) is 10.9. The molecule has 0 spiro atoms. The Bertz CT molecular complexity index is 1770. The number of rotatable bonds is 6. The van der Waals surface area contributed by atoms with Crippen LogP contribution < -0.4 is 24.7 Å². The van der Waals surface area contributed by atoms with Gasteiger partial charge in [0.25, 0.3) is 11.5 Å². The van der Waals surface area contributed by atoms with E-state index < -0.39 is 0 Å². The van der Waals surface area contributed by atoms with Crippen molar-refractivity contribution >= 4 is 45.8 Å². The van der Waals surface area contributed by atoms with Crippen LogP contribution in [0.2, 0.25) is 10.0 Å². The van der Waals surface area contributed by atoms with Gasteiger partial charge in [0.15, 0.2) is 5.82 Å². The Labute approximate surface area is 252 Å². The Kier molecular flexibility index (Phi) is 7.55. The zero-order valence-corrected chi connectivity index (χ0v) is 24.7. The molecule has 1 aliphatic heterocycles. The highest BCUT2D eigenvalue weighted by Gasteiger charge is 2.28. The van der Waals surface area contributed by atoms with Crippen LogP contribution in [0, 0.1) is 0 Å². The van der Waals surface area contributed by atoms with Gasteiger partial charge < -0.3 is 19.1 Å². The van der Waals surface area contributed by atoms with Gasteiger partial charge in [-0.15, -0.1) is 0 Å². The van der Waals surface area contributed by atoms with E-state index in [-0.39, 0.29) is 27.6 Å². The molecular formula is C31H28Cl2N4O5. The third-order valence-corrected chi connectivity index (χ3v) is 8.58. The number of amides is 1. The fourth-order valence-electron chi connectivity index (χ4n) is 5.76. The van der Waals surface area contributed by atoms with Crippen molar-refractivity contribution in [1.29, 1.82) is 0 Å². The molecule has 0 bridgehead atoms. The lowest BCUT2D eigenvalue weighted by molar-refractivity contribution is -0.114. The quantitative estimate of drug-likeness (QED) is 0.232. The average Bonchev–Trinajstić information content (AvgIpc) is 3.55. The van der Waals surface area contributed by atoms with E-state index in [1.165, 1.54) is 20.3 Å². The molecule has 0 atom stereocenters. The molecule has 42 heavy (non-hydrogen) atoms. The monoisotopic (exact) mass is 606 g/mol. The number of methoxy groups -OCH3 is 2. The summed E-state index contributed by atoms with van der Waals surface area (Å²) in [4.78, 5) is 38.0. The van der Waals surface area contributed by atoms with E-state index in [0.29, 0.717) is 69.6 Å². The van der Waals surface area contributed by atoms with Crippen LogP contribution in [-0.4, -0.2) is 47.8 Å². The molecule has 0 radical (unpaired) electrons. The second kappa shape index (κ2) is 11.3. The molecule has 2 aromatic carbocycles. The molecule has 6 rings (SSSR count). The first-order valence-corrected chi connectivity index (χ1v) is 14.4. The van der Waals surface area contributed by atoms with Gasteiger partial charge >= 0.3 is 0 Å². The van der Waals surface area contributed by atoms with Crippen molar-refractivity contribution in [2.24, 2.45) is 0 Å². The second-order valence-electron chi connectivity index (χ2n) is 10.2. The lowest BCUT2D eigenvalue weighted by Gasteiger charge is -2.29. The third-order valence-electron chi connectivity index (χ3n) is 7.83. The minimum atomic E-state index is -0.264.